The van der Waals surface area contributed by atoms with Crippen molar-refractivity contribution in [3.8, 4) is 11.5 Å². The van der Waals surface area contributed by atoms with Crippen LogP contribution in [0.5, 0.6) is 11.5 Å². The topological polar surface area (TPSA) is 84.9 Å². The van der Waals surface area contributed by atoms with E-state index in [4.69, 9.17) is 14.6 Å². The first-order valence-electron chi connectivity index (χ1n) is 10.2. The number of halogens is 3. The zero-order chi connectivity index (χ0) is 23.3. The molecule has 172 valence electrons. The average molecular weight is 451 g/mol. The number of aliphatic carboxylic acids is 1. The molecule has 0 radical (unpaired) electrons. The third kappa shape index (κ3) is 5.52. The highest BCUT2D eigenvalue weighted by molar-refractivity contribution is 5.94. The molecule has 9 heteroatoms. The van der Waals surface area contributed by atoms with Crippen LogP contribution >= 0.6 is 0 Å². The maximum absolute atomic E-state index is 14.5. The van der Waals surface area contributed by atoms with Gasteiger partial charge in [0.2, 0.25) is 5.82 Å². The number of carbonyl (C=O) groups excluding carboxylic acids is 1. The monoisotopic (exact) mass is 451 g/mol. The zero-order valence-electron chi connectivity index (χ0n) is 17.5. The highest BCUT2D eigenvalue weighted by Gasteiger charge is 2.28. The maximum Gasteiger partial charge on any atom is 0.306 e. The van der Waals surface area contributed by atoms with E-state index >= 15 is 0 Å². The van der Waals surface area contributed by atoms with Gasteiger partial charge in [-0.25, -0.2) is 8.78 Å². The molecular weight excluding hydrogens is 427 g/mol. The molecule has 3 rings (SSSR count). The summed E-state index contributed by atoms with van der Waals surface area (Å²) in [4.78, 5) is 23.3. The second kappa shape index (κ2) is 10.4. The second-order valence-electron chi connectivity index (χ2n) is 7.77. The molecule has 2 aromatic carbocycles. The molecular formula is C23H24F3NO5. The number of ether oxygens (including phenoxy) is 2. The average Bonchev–Trinajstić information content (AvgIpc) is 2.80. The minimum atomic E-state index is -1.58. The lowest BCUT2D eigenvalue weighted by Gasteiger charge is -2.26. The van der Waals surface area contributed by atoms with Crippen LogP contribution in [0, 0.1) is 29.3 Å². The smallest absolute Gasteiger partial charge is 0.306 e. The third-order valence-electron chi connectivity index (χ3n) is 5.65. The molecule has 1 amide bonds. The summed E-state index contributed by atoms with van der Waals surface area (Å²) in [7, 11) is 1.50. The van der Waals surface area contributed by atoms with Gasteiger partial charge in [0.15, 0.2) is 17.4 Å². The van der Waals surface area contributed by atoms with Crippen LogP contribution in [0.4, 0.5) is 13.2 Å². The Morgan fingerprint density at radius 1 is 1.06 bits per heavy atom. The molecule has 1 aliphatic carbocycles. The highest BCUT2D eigenvalue weighted by atomic mass is 19.2. The van der Waals surface area contributed by atoms with Gasteiger partial charge in [-0.15, -0.1) is 0 Å². The number of benzene rings is 2. The molecule has 1 aliphatic rings. The van der Waals surface area contributed by atoms with Gasteiger partial charge < -0.3 is 19.9 Å². The lowest BCUT2D eigenvalue weighted by atomic mass is 9.82. The molecule has 1 fully saturated rings. The fourth-order valence-electron chi connectivity index (χ4n) is 3.70. The number of amides is 1. The number of hydrogen-bond acceptors (Lipinski definition) is 4. The Hall–Kier alpha value is -3.23. The predicted octanol–water partition coefficient (Wildman–Crippen LogP) is 4.31. The Morgan fingerprint density at radius 2 is 1.72 bits per heavy atom. The molecule has 2 aromatic rings. The summed E-state index contributed by atoms with van der Waals surface area (Å²) >= 11 is 0. The molecule has 32 heavy (non-hydrogen) atoms. The molecule has 0 heterocycles. The number of carbonyl (C=O) groups is 2. The molecule has 0 spiro atoms. The fraction of sp³-hybridized carbons (Fsp3) is 0.391. The number of carboxylic acid groups (broad SMARTS) is 1. The summed E-state index contributed by atoms with van der Waals surface area (Å²) in [5.41, 5.74) is -0.166. The van der Waals surface area contributed by atoms with E-state index in [9.17, 15) is 22.8 Å². The van der Waals surface area contributed by atoms with Crippen molar-refractivity contribution in [2.45, 2.75) is 32.3 Å². The number of nitrogens with one attached hydrogen (secondary N) is 1. The summed E-state index contributed by atoms with van der Waals surface area (Å²) < 4.78 is 53.4. The van der Waals surface area contributed by atoms with Gasteiger partial charge >= 0.3 is 5.97 Å². The van der Waals surface area contributed by atoms with Gasteiger partial charge in [0.05, 0.1) is 18.6 Å². The van der Waals surface area contributed by atoms with Crippen molar-refractivity contribution in [2.75, 3.05) is 13.7 Å². The zero-order valence-corrected chi connectivity index (χ0v) is 17.5. The lowest BCUT2D eigenvalue weighted by Crippen LogP contribution is -2.33. The molecule has 0 saturated heterocycles. The molecule has 0 bridgehead atoms. The number of carboxylic acids is 1. The van der Waals surface area contributed by atoms with Crippen molar-refractivity contribution >= 4 is 11.9 Å². The minimum absolute atomic E-state index is 0.0272. The van der Waals surface area contributed by atoms with Crippen molar-refractivity contribution < 1.29 is 37.3 Å². The van der Waals surface area contributed by atoms with Gasteiger partial charge in [-0.1, -0.05) is 12.1 Å². The number of rotatable bonds is 8. The quantitative estimate of drug-likeness (QED) is 0.585. The van der Waals surface area contributed by atoms with E-state index in [2.05, 4.69) is 5.32 Å². The van der Waals surface area contributed by atoms with Crippen molar-refractivity contribution in [2.24, 2.45) is 11.8 Å². The van der Waals surface area contributed by atoms with Crippen LogP contribution in [0.25, 0.3) is 0 Å². The number of hydrogen-bond donors (Lipinski definition) is 2. The highest BCUT2D eigenvalue weighted by Crippen LogP contribution is 2.30. The molecule has 1 saturated carbocycles. The molecule has 2 N–H and O–H groups in total. The summed E-state index contributed by atoms with van der Waals surface area (Å²) in [6, 6.07) is 7.17. The normalized spacial score (nSPS) is 18.1. The van der Waals surface area contributed by atoms with Crippen molar-refractivity contribution in [3.05, 3.63) is 58.9 Å². The van der Waals surface area contributed by atoms with Gasteiger partial charge in [0.25, 0.3) is 5.91 Å². The summed E-state index contributed by atoms with van der Waals surface area (Å²) in [6.07, 6.45) is 2.18. The molecule has 0 aromatic heterocycles. The second-order valence-corrected chi connectivity index (χ2v) is 7.77. The van der Waals surface area contributed by atoms with Gasteiger partial charge in [-0.2, -0.15) is 4.39 Å². The van der Waals surface area contributed by atoms with Gasteiger partial charge in [-0.3, -0.25) is 9.59 Å². The van der Waals surface area contributed by atoms with Crippen LogP contribution in [0.2, 0.25) is 0 Å². The lowest BCUT2D eigenvalue weighted by molar-refractivity contribution is -0.143. The van der Waals surface area contributed by atoms with E-state index in [-0.39, 0.29) is 19.1 Å². The van der Waals surface area contributed by atoms with Crippen LogP contribution in [0.1, 0.15) is 41.6 Å². The minimum Gasteiger partial charge on any atom is -0.497 e. The van der Waals surface area contributed by atoms with Crippen LogP contribution < -0.4 is 14.8 Å². The largest absolute Gasteiger partial charge is 0.497 e. The van der Waals surface area contributed by atoms with E-state index in [0.717, 1.165) is 0 Å². The number of methoxy groups -OCH3 is 1. The first-order chi connectivity index (χ1) is 15.3. The standard InChI is InChI=1S/C23H24F3NO5/c1-31-16-8-4-14(5-9-16)12-32-21-18(24)10-17(19(25)20(21)26)22(28)27-11-13-2-6-15(7-3-13)23(29)30/h4-5,8-10,13,15H,2-3,6-7,11-12H2,1H3,(H,27,28)(H,29,30)/t13-,15-. The first kappa shape index (κ1) is 23.4. The summed E-state index contributed by atoms with van der Waals surface area (Å²) in [5.74, 6) is -6.72. The van der Waals surface area contributed by atoms with Crippen LogP contribution in [0.3, 0.4) is 0 Å². The van der Waals surface area contributed by atoms with E-state index in [1.165, 1.54) is 7.11 Å². The molecule has 0 atom stereocenters. The van der Waals surface area contributed by atoms with Crippen LogP contribution in [-0.2, 0) is 11.4 Å². The summed E-state index contributed by atoms with van der Waals surface area (Å²) in [6.45, 7) is -0.0363. The maximum atomic E-state index is 14.5. The van der Waals surface area contributed by atoms with Crippen molar-refractivity contribution in [3.63, 3.8) is 0 Å². The van der Waals surface area contributed by atoms with E-state index < -0.39 is 46.6 Å². The van der Waals surface area contributed by atoms with Crippen molar-refractivity contribution in [1.29, 1.82) is 0 Å². The van der Waals surface area contributed by atoms with E-state index in [1.54, 1.807) is 24.3 Å². The van der Waals surface area contributed by atoms with Crippen LogP contribution in [0.15, 0.2) is 30.3 Å². The predicted molar refractivity (Wildman–Crippen MR) is 109 cm³/mol. The van der Waals surface area contributed by atoms with E-state index in [1.807, 2.05) is 0 Å². The fourth-order valence-corrected chi connectivity index (χ4v) is 3.70. The Labute approximate surface area is 183 Å². The molecule has 0 unspecified atom stereocenters. The van der Waals surface area contributed by atoms with Gasteiger partial charge in [-0.05, 0) is 55.4 Å². The van der Waals surface area contributed by atoms with Crippen LogP contribution in [-0.4, -0.2) is 30.6 Å². The Balaban J connectivity index is 1.61. The Kier molecular flexibility index (Phi) is 7.61. The Bertz CT molecular complexity index is 973. The SMILES string of the molecule is COc1ccc(COc2c(F)cc(C(=O)NC[C@H]3CC[C@H](C(=O)O)CC3)c(F)c2F)cc1. The molecule has 6 nitrogen and oxygen atoms in total. The van der Waals surface area contributed by atoms with Crippen molar-refractivity contribution in [1.82, 2.24) is 5.32 Å². The molecule has 0 aliphatic heterocycles. The van der Waals surface area contributed by atoms with Gasteiger partial charge in [0.1, 0.15) is 12.4 Å². The first-order valence-corrected chi connectivity index (χ1v) is 10.2. The third-order valence-corrected chi connectivity index (χ3v) is 5.65. The summed E-state index contributed by atoms with van der Waals surface area (Å²) in [5, 5.41) is 11.5. The Morgan fingerprint density at radius 3 is 2.31 bits per heavy atom. The van der Waals surface area contributed by atoms with Gasteiger partial charge in [0, 0.05) is 6.54 Å². The van der Waals surface area contributed by atoms with E-state index in [0.29, 0.717) is 43.1 Å².